The van der Waals surface area contributed by atoms with Crippen LogP contribution in [0.1, 0.15) is 26.7 Å². The Hall–Kier alpha value is -1.81. The molecule has 0 aliphatic heterocycles. The molecule has 1 heterocycles. The minimum Gasteiger partial charge on any atom is -0.396 e. The monoisotopic (exact) mass is 286 g/mol. The van der Waals surface area contributed by atoms with Gasteiger partial charge >= 0.3 is 0 Å². The standard InChI is InChI=1S/C17H26N4/c1-13(2)21(3)11-7-6-10-19-17-14-8-4-5-9-16(14)20-12-15(17)18/h4-5,8-9,12-13H,6-7,10-11,18H2,1-3H3,(H,19,20). The summed E-state index contributed by atoms with van der Waals surface area (Å²) in [6, 6.07) is 8.70. The molecule has 0 spiro atoms. The first-order valence-corrected chi connectivity index (χ1v) is 7.67. The van der Waals surface area contributed by atoms with Gasteiger partial charge in [0.25, 0.3) is 0 Å². The quantitative estimate of drug-likeness (QED) is 0.766. The Balaban J connectivity index is 1.90. The summed E-state index contributed by atoms with van der Waals surface area (Å²) in [6.07, 6.45) is 4.05. The Labute approximate surface area is 127 Å². The van der Waals surface area contributed by atoms with Crippen LogP contribution in [-0.4, -0.2) is 36.1 Å². The summed E-state index contributed by atoms with van der Waals surface area (Å²) in [5, 5.41) is 4.57. The van der Waals surface area contributed by atoms with Crippen LogP contribution in [0.15, 0.2) is 30.5 Å². The Morgan fingerprint density at radius 1 is 1.24 bits per heavy atom. The molecule has 0 amide bonds. The predicted molar refractivity (Wildman–Crippen MR) is 91.6 cm³/mol. The molecule has 0 aliphatic rings. The number of nitrogens with zero attached hydrogens (tertiary/aromatic N) is 2. The molecule has 0 aliphatic carbocycles. The van der Waals surface area contributed by atoms with Gasteiger partial charge in [0, 0.05) is 18.0 Å². The molecule has 2 aromatic rings. The maximum atomic E-state index is 6.06. The second kappa shape index (κ2) is 7.27. The van der Waals surface area contributed by atoms with Crippen molar-refractivity contribution in [2.75, 3.05) is 31.2 Å². The molecule has 0 bridgehead atoms. The Morgan fingerprint density at radius 3 is 2.76 bits per heavy atom. The molecule has 0 saturated carbocycles. The number of para-hydroxylation sites is 1. The van der Waals surface area contributed by atoms with E-state index in [1.54, 1.807) is 6.20 Å². The van der Waals surface area contributed by atoms with Gasteiger partial charge in [-0.25, -0.2) is 0 Å². The van der Waals surface area contributed by atoms with Crippen molar-refractivity contribution in [1.29, 1.82) is 0 Å². The van der Waals surface area contributed by atoms with Gasteiger partial charge in [0.1, 0.15) is 0 Å². The average molecular weight is 286 g/mol. The van der Waals surface area contributed by atoms with Crippen LogP contribution >= 0.6 is 0 Å². The fourth-order valence-corrected chi connectivity index (χ4v) is 2.31. The molecular formula is C17H26N4. The number of nitrogens with two attached hydrogens (primary N) is 1. The van der Waals surface area contributed by atoms with Crippen LogP contribution < -0.4 is 11.1 Å². The molecule has 114 valence electrons. The molecule has 2 rings (SSSR count). The van der Waals surface area contributed by atoms with E-state index in [1.165, 1.54) is 6.42 Å². The van der Waals surface area contributed by atoms with Crippen molar-refractivity contribution in [3.8, 4) is 0 Å². The van der Waals surface area contributed by atoms with Gasteiger partial charge in [-0.15, -0.1) is 0 Å². The van der Waals surface area contributed by atoms with Gasteiger partial charge in [-0.2, -0.15) is 0 Å². The van der Waals surface area contributed by atoms with E-state index in [0.29, 0.717) is 11.7 Å². The molecule has 0 atom stereocenters. The molecule has 4 nitrogen and oxygen atoms in total. The van der Waals surface area contributed by atoms with Gasteiger partial charge in [0.05, 0.1) is 23.1 Å². The van der Waals surface area contributed by atoms with Crippen LogP contribution in [0.2, 0.25) is 0 Å². The number of benzene rings is 1. The van der Waals surface area contributed by atoms with E-state index in [4.69, 9.17) is 5.73 Å². The molecule has 0 saturated heterocycles. The first kappa shape index (κ1) is 15.6. The van der Waals surface area contributed by atoms with Gasteiger partial charge in [-0.05, 0) is 46.3 Å². The molecule has 1 aromatic carbocycles. The molecule has 21 heavy (non-hydrogen) atoms. The summed E-state index contributed by atoms with van der Waals surface area (Å²) in [7, 11) is 2.17. The van der Waals surface area contributed by atoms with Crippen molar-refractivity contribution in [3.63, 3.8) is 0 Å². The van der Waals surface area contributed by atoms with E-state index in [-0.39, 0.29) is 0 Å². The molecule has 3 N–H and O–H groups in total. The minimum atomic E-state index is 0.609. The molecule has 0 unspecified atom stereocenters. The van der Waals surface area contributed by atoms with Crippen LogP contribution in [0.3, 0.4) is 0 Å². The van der Waals surface area contributed by atoms with Crippen molar-refractivity contribution < 1.29 is 0 Å². The summed E-state index contributed by atoms with van der Waals surface area (Å²) >= 11 is 0. The topological polar surface area (TPSA) is 54.2 Å². The maximum Gasteiger partial charge on any atom is 0.0743 e. The summed E-state index contributed by atoms with van der Waals surface area (Å²) < 4.78 is 0. The first-order chi connectivity index (χ1) is 10.1. The lowest BCUT2D eigenvalue weighted by Gasteiger charge is -2.20. The lowest BCUT2D eigenvalue weighted by Crippen LogP contribution is -2.27. The van der Waals surface area contributed by atoms with E-state index in [9.17, 15) is 0 Å². The average Bonchev–Trinajstić information content (AvgIpc) is 2.48. The first-order valence-electron chi connectivity index (χ1n) is 7.67. The van der Waals surface area contributed by atoms with E-state index in [1.807, 2.05) is 18.2 Å². The third-order valence-electron chi connectivity index (χ3n) is 3.93. The smallest absolute Gasteiger partial charge is 0.0743 e. The highest BCUT2D eigenvalue weighted by Crippen LogP contribution is 2.27. The number of anilines is 2. The fraction of sp³-hybridized carbons (Fsp3) is 0.471. The Bertz CT molecular complexity index is 580. The van der Waals surface area contributed by atoms with E-state index < -0.39 is 0 Å². The van der Waals surface area contributed by atoms with Crippen molar-refractivity contribution in [3.05, 3.63) is 30.5 Å². The Kier molecular flexibility index (Phi) is 5.39. The van der Waals surface area contributed by atoms with E-state index in [2.05, 4.69) is 42.2 Å². The molecule has 1 aromatic heterocycles. The highest BCUT2D eigenvalue weighted by molar-refractivity contribution is 5.96. The maximum absolute atomic E-state index is 6.06. The third-order valence-corrected chi connectivity index (χ3v) is 3.93. The zero-order valence-corrected chi connectivity index (χ0v) is 13.3. The molecule has 0 fully saturated rings. The zero-order valence-electron chi connectivity index (χ0n) is 13.3. The van der Waals surface area contributed by atoms with Crippen molar-refractivity contribution >= 4 is 22.3 Å². The van der Waals surface area contributed by atoms with Gasteiger partial charge in [-0.3, -0.25) is 4.98 Å². The second-order valence-corrected chi connectivity index (χ2v) is 5.81. The molecule has 0 radical (unpaired) electrons. The molecule has 4 heteroatoms. The number of aromatic nitrogens is 1. The number of nitrogens with one attached hydrogen (secondary N) is 1. The van der Waals surface area contributed by atoms with E-state index >= 15 is 0 Å². The number of fused-ring (bicyclic) bond motifs is 1. The SMILES string of the molecule is CC(C)N(C)CCCCNc1c(N)cnc2ccccc12. The number of rotatable bonds is 7. The van der Waals surface area contributed by atoms with Gasteiger partial charge < -0.3 is 16.0 Å². The highest BCUT2D eigenvalue weighted by Gasteiger charge is 2.06. The van der Waals surface area contributed by atoms with Crippen molar-refractivity contribution in [2.24, 2.45) is 0 Å². The van der Waals surface area contributed by atoms with Gasteiger partial charge in [0.2, 0.25) is 0 Å². The minimum absolute atomic E-state index is 0.609. The largest absolute Gasteiger partial charge is 0.396 e. The normalized spacial score (nSPS) is 11.5. The fourth-order valence-electron chi connectivity index (χ4n) is 2.31. The summed E-state index contributed by atoms with van der Waals surface area (Å²) in [5.74, 6) is 0. The number of nitrogen functional groups attached to an aromatic ring is 1. The van der Waals surface area contributed by atoms with Crippen LogP contribution in [0, 0.1) is 0 Å². The van der Waals surface area contributed by atoms with Crippen LogP contribution in [0.4, 0.5) is 11.4 Å². The van der Waals surface area contributed by atoms with Crippen molar-refractivity contribution in [1.82, 2.24) is 9.88 Å². The summed E-state index contributed by atoms with van der Waals surface area (Å²) in [4.78, 5) is 6.73. The number of hydrogen-bond donors (Lipinski definition) is 2. The zero-order chi connectivity index (χ0) is 15.2. The highest BCUT2D eigenvalue weighted by atomic mass is 15.1. The summed E-state index contributed by atoms with van der Waals surface area (Å²) in [6.45, 7) is 6.51. The lowest BCUT2D eigenvalue weighted by molar-refractivity contribution is 0.269. The van der Waals surface area contributed by atoms with Crippen LogP contribution in [-0.2, 0) is 0 Å². The van der Waals surface area contributed by atoms with Crippen molar-refractivity contribution in [2.45, 2.75) is 32.7 Å². The third kappa shape index (κ3) is 4.08. The van der Waals surface area contributed by atoms with Gasteiger partial charge in [0.15, 0.2) is 0 Å². The van der Waals surface area contributed by atoms with Gasteiger partial charge in [-0.1, -0.05) is 18.2 Å². The number of pyridine rings is 1. The predicted octanol–water partition coefficient (Wildman–Crippen LogP) is 3.35. The summed E-state index contributed by atoms with van der Waals surface area (Å²) in [5.41, 5.74) is 8.76. The molecular weight excluding hydrogens is 260 g/mol. The number of hydrogen-bond acceptors (Lipinski definition) is 4. The number of unbranched alkanes of at least 4 members (excludes halogenated alkanes) is 1. The van der Waals surface area contributed by atoms with Crippen LogP contribution in [0.5, 0.6) is 0 Å². The van der Waals surface area contributed by atoms with E-state index in [0.717, 1.165) is 36.1 Å². The Morgan fingerprint density at radius 2 is 2.00 bits per heavy atom. The van der Waals surface area contributed by atoms with Crippen LogP contribution in [0.25, 0.3) is 10.9 Å². The lowest BCUT2D eigenvalue weighted by atomic mass is 10.1. The second-order valence-electron chi connectivity index (χ2n) is 5.81.